The van der Waals surface area contributed by atoms with Gasteiger partial charge in [-0.15, -0.1) is 0 Å². The molecule has 1 heterocycles. The van der Waals surface area contributed by atoms with E-state index in [-0.39, 0.29) is 18.8 Å². The summed E-state index contributed by atoms with van der Waals surface area (Å²) in [6.07, 6.45) is 13.2. The third-order valence-corrected chi connectivity index (χ3v) is 7.67. The normalized spacial score (nSPS) is 39.9. The number of nitrogens with zero attached hydrogens (tertiary/aromatic N) is 1. The highest BCUT2D eigenvalue weighted by Gasteiger charge is 2.46. The number of unbranched alkanes of at least 4 members (excludes halogenated alkanes) is 1. The zero-order chi connectivity index (χ0) is 19.4. The molecule has 0 amide bonds. The van der Waals surface area contributed by atoms with Crippen LogP contribution in [0.3, 0.4) is 0 Å². The van der Waals surface area contributed by atoms with Crippen LogP contribution in [0.4, 0.5) is 0 Å². The fourth-order valence-electron chi connectivity index (χ4n) is 6.24. The molecule has 2 saturated carbocycles. The van der Waals surface area contributed by atoms with Crippen LogP contribution in [0.25, 0.3) is 0 Å². The SMILES string of the molecule is CCCCC1CCC2NC(N(C)CC(=O)O)CC(C3CCCCC3O)C2C1. The largest absolute Gasteiger partial charge is 0.480 e. The van der Waals surface area contributed by atoms with Crippen LogP contribution in [-0.4, -0.2) is 53.0 Å². The molecule has 5 heteroatoms. The first-order valence-corrected chi connectivity index (χ1v) is 11.4. The van der Waals surface area contributed by atoms with Crippen LogP contribution < -0.4 is 5.32 Å². The summed E-state index contributed by atoms with van der Waals surface area (Å²) in [5, 5.41) is 23.8. The van der Waals surface area contributed by atoms with Crippen LogP contribution in [0.2, 0.25) is 0 Å². The van der Waals surface area contributed by atoms with Gasteiger partial charge in [0.15, 0.2) is 0 Å². The first-order chi connectivity index (χ1) is 13.0. The Morgan fingerprint density at radius 2 is 1.85 bits per heavy atom. The molecule has 3 aliphatic rings. The molecule has 0 spiro atoms. The quantitative estimate of drug-likeness (QED) is 0.631. The number of aliphatic hydroxyl groups is 1. The van der Waals surface area contributed by atoms with Crippen LogP contribution in [0, 0.1) is 23.7 Å². The van der Waals surface area contributed by atoms with E-state index >= 15 is 0 Å². The molecule has 27 heavy (non-hydrogen) atoms. The van der Waals surface area contributed by atoms with Crippen LogP contribution in [0.15, 0.2) is 0 Å². The predicted octanol–water partition coefficient (Wildman–Crippen LogP) is 3.46. The molecule has 0 bridgehead atoms. The second kappa shape index (κ2) is 9.71. The van der Waals surface area contributed by atoms with Gasteiger partial charge < -0.3 is 10.2 Å². The number of carbonyl (C=O) groups is 1. The lowest BCUT2D eigenvalue weighted by atomic mass is 9.61. The smallest absolute Gasteiger partial charge is 0.317 e. The van der Waals surface area contributed by atoms with Gasteiger partial charge in [0.25, 0.3) is 0 Å². The molecule has 1 saturated heterocycles. The lowest BCUT2D eigenvalue weighted by Gasteiger charge is -2.52. The number of likely N-dealkylation sites (N-methyl/N-ethyl adjacent to an activating group) is 1. The molecule has 3 fully saturated rings. The Kier molecular flexibility index (Phi) is 7.57. The Balaban J connectivity index is 1.74. The maximum atomic E-state index is 11.2. The number of carboxylic acids is 1. The number of aliphatic hydroxyl groups excluding tert-OH is 1. The molecule has 5 nitrogen and oxygen atoms in total. The van der Waals surface area contributed by atoms with Crippen molar-refractivity contribution in [3.63, 3.8) is 0 Å². The number of fused-ring (bicyclic) bond motifs is 1. The highest BCUT2D eigenvalue weighted by Crippen LogP contribution is 2.47. The van der Waals surface area contributed by atoms with E-state index in [4.69, 9.17) is 0 Å². The average Bonchev–Trinajstić information content (AvgIpc) is 2.65. The molecule has 1 aliphatic heterocycles. The summed E-state index contributed by atoms with van der Waals surface area (Å²) in [7, 11) is 1.92. The standard InChI is InChI=1S/C22H40N2O3/c1-3-4-7-15-10-11-19-18(12-15)17(16-8-5-6-9-20(16)25)13-21(23-19)24(2)14-22(26)27/h15-21,23,25H,3-14H2,1-2H3,(H,26,27). The van der Waals surface area contributed by atoms with Gasteiger partial charge in [0.2, 0.25) is 0 Å². The van der Waals surface area contributed by atoms with E-state index in [0.29, 0.717) is 23.8 Å². The third-order valence-electron chi connectivity index (χ3n) is 7.67. The van der Waals surface area contributed by atoms with E-state index < -0.39 is 5.97 Å². The molecule has 3 N–H and O–H groups in total. The average molecular weight is 381 g/mol. The zero-order valence-electron chi connectivity index (χ0n) is 17.3. The number of hydrogen-bond acceptors (Lipinski definition) is 4. The third kappa shape index (κ3) is 5.24. The maximum Gasteiger partial charge on any atom is 0.317 e. The molecule has 0 aromatic rings. The van der Waals surface area contributed by atoms with Gasteiger partial charge in [-0.25, -0.2) is 0 Å². The van der Waals surface area contributed by atoms with E-state index in [9.17, 15) is 15.0 Å². The first kappa shape index (κ1) is 21.1. The molecule has 7 atom stereocenters. The van der Waals surface area contributed by atoms with Gasteiger partial charge >= 0.3 is 5.97 Å². The number of carboxylic acid groups (broad SMARTS) is 1. The van der Waals surface area contributed by atoms with Crippen molar-refractivity contribution < 1.29 is 15.0 Å². The van der Waals surface area contributed by atoms with Gasteiger partial charge in [0, 0.05) is 6.04 Å². The van der Waals surface area contributed by atoms with Gasteiger partial charge in [-0.3, -0.25) is 15.0 Å². The molecule has 7 unspecified atom stereocenters. The number of hydrogen-bond donors (Lipinski definition) is 3. The summed E-state index contributed by atoms with van der Waals surface area (Å²) in [4.78, 5) is 13.2. The predicted molar refractivity (Wildman–Crippen MR) is 107 cm³/mol. The highest BCUT2D eigenvalue weighted by molar-refractivity contribution is 5.69. The minimum atomic E-state index is -0.765. The van der Waals surface area contributed by atoms with Crippen molar-refractivity contribution in [3.8, 4) is 0 Å². The number of nitrogens with one attached hydrogen (secondary N) is 1. The maximum absolute atomic E-state index is 11.2. The van der Waals surface area contributed by atoms with E-state index in [1.165, 1.54) is 44.9 Å². The van der Waals surface area contributed by atoms with Gasteiger partial charge in [-0.2, -0.15) is 0 Å². The van der Waals surface area contributed by atoms with Crippen molar-refractivity contribution >= 4 is 5.97 Å². The van der Waals surface area contributed by atoms with Crippen molar-refractivity contribution in [1.82, 2.24) is 10.2 Å². The Morgan fingerprint density at radius 3 is 2.56 bits per heavy atom. The highest BCUT2D eigenvalue weighted by atomic mass is 16.4. The Labute approximate surface area is 164 Å². The minimum absolute atomic E-state index is 0.0775. The lowest BCUT2D eigenvalue weighted by molar-refractivity contribution is -0.139. The van der Waals surface area contributed by atoms with Gasteiger partial charge in [0.05, 0.1) is 18.8 Å². The molecule has 0 aromatic carbocycles. The van der Waals surface area contributed by atoms with Crippen molar-refractivity contribution in [3.05, 3.63) is 0 Å². The Morgan fingerprint density at radius 1 is 1.07 bits per heavy atom. The van der Waals surface area contributed by atoms with E-state index in [0.717, 1.165) is 31.6 Å². The first-order valence-electron chi connectivity index (χ1n) is 11.4. The van der Waals surface area contributed by atoms with Gasteiger partial charge in [-0.1, -0.05) is 39.0 Å². The second-order valence-corrected chi connectivity index (χ2v) is 9.50. The fourth-order valence-corrected chi connectivity index (χ4v) is 6.24. The zero-order valence-corrected chi connectivity index (χ0v) is 17.3. The molecule has 3 rings (SSSR count). The Hall–Kier alpha value is -0.650. The summed E-state index contributed by atoms with van der Waals surface area (Å²) < 4.78 is 0. The Bertz CT molecular complexity index is 486. The van der Waals surface area contributed by atoms with Crippen molar-refractivity contribution in [2.75, 3.05) is 13.6 Å². The fraction of sp³-hybridized carbons (Fsp3) is 0.955. The van der Waals surface area contributed by atoms with Crippen LogP contribution in [-0.2, 0) is 4.79 Å². The minimum Gasteiger partial charge on any atom is -0.480 e. The van der Waals surface area contributed by atoms with E-state index in [1.54, 1.807) is 0 Å². The molecular formula is C22H40N2O3. The van der Waals surface area contributed by atoms with Crippen LogP contribution in [0.1, 0.15) is 77.6 Å². The number of rotatable bonds is 7. The van der Waals surface area contributed by atoms with Crippen LogP contribution >= 0.6 is 0 Å². The monoisotopic (exact) mass is 380 g/mol. The molecule has 2 aliphatic carbocycles. The van der Waals surface area contributed by atoms with Crippen LogP contribution in [0.5, 0.6) is 0 Å². The second-order valence-electron chi connectivity index (χ2n) is 9.50. The number of aliphatic carboxylic acids is 1. The molecular weight excluding hydrogens is 340 g/mol. The summed E-state index contributed by atoms with van der Waals surface area (Å²) in [5.74, 6) is 1.65. The van der Waals surface area contributed by atoms with Crippen molar-refractivity contribution in [1.29, 1.82) is 0 Å². The lowest BCUT2D eigenvalue weighted by Crippen LogP contribution is -2.61. The molecule has 0 radical (unpaired) electrons. The van der Waals surface area contributed by atoms with Crippen molar-refractivity contribution in [2.24, 2.45) is 23.7 Å². The van der Waals surface area contributed by atoms with Gasteiger partial charge in [-0.05, 0) is 69.2 Å². The molecule has 0 aromatic heterocycles. The van der Waals surface area contributed by atoms with Gasteiger partial charge in [0.1, 0.15) is 0 Å². The topological polar surface area (TPSA) is 72.8 Å². The molecule has 156 valence electrons. The summed E-state index contributed by atoms with van der Waals surface area (Å²) >= 11 is 0. The van der Waals surface area contributed by atoms with E-state index in [2.05, 4.69) is 12.2 Å². The number of piperidine rings is 1. The summed E-state index contributed by atoms with van der Waals surface area (Å²) in [6.45, 7) is 2.35. The summed E-state index contributed by atoms with van der Waals surface area (Å²) in [5.41, 5.74) is 0. The summed E-state index contributed by atoms with van der Waals surface area (Å²) in [6, 6.07) is 0.483. The van der Waals surface area contributed by atoms with E-state index in [1.807, 2.05) is 11.9 Å². The van der Waals surface area contributed by atoms with Crippen molar-refractivity contribution in [2.45, 2.75) is 95.9 Å².